The molecule has 1 aromatic carbocycles. The molecule has 0 radical (unpaired) electrons. The summed E-state index contributed by atoms with van der Waals surface area (Å²) in [6.07, 6.45) is 6.51. The maximum Gasteiger partial charge on any atom is 0.0702 e. The van der Waals surface area contributed by atoms with Gasteiger partial charge in [0.25, 0.3) is 0 Å². The maximum atomic E-state index is 5.76. The topological polar surface area (TPSA) is 34.1 Å². The van der Waals surface area contributed by atoms with Crippen LogP contribution >= 0.6 is 0 Å². The number of nitrogens with zero attached hydrogens (tertiary/aromatic N) is 1. The normalized spacial score (nSPS) is 18.7. The van der Waals surface area contributed by atoms with Gasteiger partial charge in [-0.1, -0.05) is 12.1 Å². The molecule has 0 amide bonds. The van der Waals surface area contributed by atoms with Crippen molar-refractivity contribution in [3.8, 4) is 0 Å². The average molecular weight is 270 g/mol. The van der Waals surface area contributed by atoms with Crippen LogP contribution in [0.2, 0.25) is 0 Å². The van der Waals surface area contributed by atoms with Crippen molar-refractivity contribution in [3.63, 3.8) is 0 Å². The quantitative estimate of drug-likeness (QED) is 0.903. The molecule has 1 aliphatic rings. The molecule has 1 saturated carbocycles. The molecule has 0 aliphatic heterocycles. The number of rotatable bonds is 5. The van der Waals surface area contributed by atoms with E-state index in [-0.39, 0.29) is 5.60 Å². The summed E-state index contributed by atoms with van der Waals surface area (Å²) in [5.41, 5.74) is 2.45. The standard InChI is InChI=1S/C17H22N2O/c1-18-16(12-17(20-2)8-4-9-17)14-6-7-15-13(11-14)5-3-10-19-15/h3,5-7,10-11,16,18H,4,8-9,12H2,1-2H3. The molecule has 0 saturated heterocycles. The Morgan fingerprint density at radius 3 is 2.85 bits per heavy atom. The molecule has 106 valence electrons. The summed E-state index contributed by atoms with van der Waals surface area (Å²) in [6.45, 7) is 0. The summed E-state index contributed by atoms with van der Waals surface area (Å²) in [5.74, 6) is 0. The minimum Gasteiger partial charge on any atom is -0.378 e. The molecule has 1 atom stereocenters. The number of pyridine rings is 1. The molecule has 20 heavy (non-hydrogen) atoms. The fraction of sp³-hybridized carbons (Fsp3) is 0.471. The number of aromatic nitrogens is 1. The highest BCUT2D eigenvalue weighted by Gasteiger charge is 2.39. The second-order valence-electron chi connectivity index (χ2n) is 5.74. The van der Waals surface area contributed by atoms with Gasteiger partial charge in [-0.05, 0) is 56.5 Å². The molecular formula is C17H22N2O. The van der Waals surface area contributed by atoms with Gasteiger partial charge in [0.1, 0.15) is 0 Å². The van der Waals surface area contributed by atoms with Crippen molar-refractivity contribution in [3.05, 3.63) is 42.1 Å². The number of ether oxygens (including phenoxy) is 1. The molecule has 0 bridgehead atoms. The summed E-state index contributed by atoms with van der Waals surface area (Å²) < 4.78 is 5.76. The lowest BCUT2D eigenvalue weighted by atomic mass is 9.74. The van der Waals surface area contributed by atoms with Crippen LogP contribution in [-0.4, -0.2) is 24.7 Å². The van der Waals surface area contributed by atoms with Crippen molar-refractivity contribution in [2.24, 2.45) is 0 Å². The minimum absolute atomic E-state index is 0.0809. The van der Waals surface area contributed by atoms with Gasteiger partial charge in [0, 0.05) is 24.7 Å². The fourth-order valence-electron chi connectivity index (χ4n) is 3.13. The zero-order valence-electron chi connectivity index (χ0n) is 12.2. The van der Waals surface area contributed by atoms with Gasteiger partial charge in [-0.15, -0.1) is 0 Å². The van der Waals surface area contributed by atoms with Crippen LogP contribution in [0.25, 0.3) is 10.9 Å². The molecule has 1 heterocycles. The van der Waals surface area contributed by atoms with Crippen LogP contribution in [0.1, 0.15) is 37.3 Å². The van der Waals surface area contributed by atoms with Gasteiger partial charge in [0.2, 0.25) is 0 Å². The Morgan fingerprint density at radius 1 is 1.35 bits per heavy atom. The summed E-state index contributed by atoms with van der Waals surface area (Å²) in [7, 11) is 3.87. The predicted octanol–water partition coefficient (Wildman–Crippen LogP) is 3.45. The Hall–Kier alpha value is -1.45. The van der Waals surface area contributed by atoms with Gasteiger partial charge in [-0.25, -0.2) is 0 Å². The molecule has 3 rings (SSSR count). The van der Waals surface area contributed by atoms with Crippen molar-refractivity contribution >= 4 is 10.9 Å². The predicted molar refractivity (Wildman–Crippen MR) is 81.8 cm³/mol. The van der Waals surface area contributed by atoms with Crippen LogP contribution in [0.3, 0.4) is 0 Å². The number of fused-ring (bicyclic) bond motifs is 1. The highest BCUT2D eigenvalue weighted by Crippen LogP contribution is 2.41. The van der Waals surface area contributed by atoms with Crippen LogP contribution in [0.5, 0.6) is 0 Å². The second kappa shape index (κ2) is 5.51. The molecular weight excluding hydrogens is 248 g/mol. The van der Waals surface area contributed by atoms with E-state index in [1.165, 1.54) is 30.2 Å². The smallest absolute Gasteiger partial charge is 0.0702 e. The molecule has 1 aliphatic carbocycles. The Labute approximate surface area is 120 Å². The zero-order valence-corrected chi connectivity index (χ0v) is 12.2. The highest BCUT2D eigenvalue weighted by molar-refractivity contribution is 5.79. The van der Waals surface area contributed by atoms with Gasteiger partial charge in [0.15, 0.2) is 0 Å². The maximum absolute atomic E-state index is 5.76. The first kappa shape index (κ1) is 13.5. The molecule has 2 aromatic rings. The third-order valence-electron chi connectivity index (χ3n) is 4.65. The molecule has 1 N–H and O–H groups in total. The first-order chi connectivity index (χ1) is 9.76. The second-order valence-corrected chi connectivity index (χ2v) is 5.74. The summed E-state index contributed by atoms with van der Waals surface area (Å²) >= 11 is 0. The Balaban J connectivity index is 1.87. The minimum atomic E-state index is 0.0809. The van der Waals surface area contributed by atoms with Crippen LogP contribution in [0, 0.1) is 0 Å². The number of nitrogens with one attached hydrogen (secondary N) is 1. The van der Waals surface area contributed by atoms with Gasteiger partial charge in [0.05, 0.1) is 11.1 Å². The van der Waals surface area contributed by atoms with E-state index in [4.69, 9.17) is 4.74 Å². The average Bonchev–Trinajstić information content (AvgIpc) is 2.46. The van der Waals surface area contributed by atoms with Crippen LogP contribution in [0.4, 0.5) is 0 Å². The number of methoxy groups -OCH3 is 1. The van der Waals surface area contributed by atoms with E-state index in [9.17, 15) is 0 Å². The van der Waals surface area contributed by atoms with Crippen LogP contribution in [0.15, 0.2) is 36.5 Å². The van der Waals surface area contributed by atoms with Crippen molar-refractivity contribution in [2.75, 3.05) is 14.2 Å². The Kier molecular flexibility index (Phi) is 3.72. The number of benzene rings is 1. The SMILES string of the molecule is CNC(CC1(OC)CCC1)c1ccc2ncccc2c1. The highest BCUT2D eigenvalue weighted by atomic mass is 16.5. The molecule has 0 spiro atoms. The molecule has 1 unspecified atom stereocenters. The molecule has 1 fully saturated rings. The Morgan fingerprint density at radius 2 is 2.20 bits per heavy atom. The number of hydrogen-bond acceptors (Lipinski definition) is 3. The lowest BCUT2D eigenvalue weighted by molar-refractivity contribution is -0.0834. The van der Waals surface area contributed by atoms with E-state index in [1.54, 1.807) is 0 Å². The van der Waals surface area contributed by atoms with E-state index in [2.05, 4.69) is 34.6 Å². The van der Waals surface area contributed by atoms with E-state index in [0.717, 1.165) is 11.9 Å². The van der Waals surface area contributed by atoms with E-state index < -0.39 is 0 Å². The summed E-state index contributed by atoms with van der Waals surface area (Å²) in [5, 5.41) is 4.64. The summed E-state index contributed by atoms with van der Waals surface area (Å²) in [6, 6.07) is 11.0. The van der Waals surface area contributed by atoms with E-state index >= 15 is 0 Å². The van der Waals surface area contributed by atoms with Crippen molar-refractivity contribution in [1.82, 2.24) is 10.3 Å². The zero-order chi connectivity index (χ0) is 14.0. The largest absolute Gasteiger partial charge is 0.378 e. The third kappa shape index (κ3) is 2.43. The Bertz CT molecular complexity index is 587. The third-order valence-corrected chi connectivity index (χ3v) is 4.65. The van der Waals surface area contributed by atoms with Gasteiger partial charge in [-0.2, -0.15) is 0 Å². The fourth-order valence-corrected chi connectivity index (χ4v) is 3.13. The molecule has 3 heteroatoms. The lowest BCUT2D eigenvalue weighted by Gasteiger charge is -2.43. The monoisotopic (exact) mass is 270 g/mol. The number of hydrogen-bond donors (Lipinski definition) is 1. The van der Waals surface area contributed by atoms with Crippen LogP contribution in [-0.2, 0) is 4.74 Å². The van der Waals surface area contributed by atoms with Crippen molar-refractivity contribution in [2.45, 2.75) is 37.3 Å². The van der Waals surface area contributed by atoms with Gasteiger partial charge in [-0.3, -0.25) is 4.98 Å². The van der Waals surface area contributed by atoms with Crippen LogP contribution < -0.4 is 5.32 Å². The van der Waals surface area contributed by atoms with E-state index in [0.29, 0.717) is 6.04 Å². The molecule has 1 aromatic heterocycles. The van der Waals surface area contributed by atoms with Crippen molar-refractivity contribution < 1.29 is 4.74 Å². The first-order valence-electron chi connectivity index (χ1n) is 7.33. The first-order valence-corrected chi connectivity index (χ1v) is 7.33. The van der Waals surface area contributed by atoms with Crippen molar-refractivity contribution in [1.29, 1.82) is 0 Å². The lowest BCUT2D eigenvalue weighted by Crippen LogP contribution is -2.42. The molecule has 3 nitrogen and oxygen atoms in total. The van der Waals surface area contributed by atoms with Gasteiger partial charge >= 0.3 is 0 Å². The summed E-state index contributed by atoms with van der Waals surface area (Å²) in [4.78, 5) is 4.38. The van der Waals surface area contributed by atoms with Gasteiger partial charge < -0.3 is 10.1 Å². The van der Waals surface area contributed by atoms with E-state index in [1.807, 2.05) is 26.4 Å².